The number of rotatable bonds is 1. The predicted molar refractivity (Wildman–Crippen MR) is 41.7 cm³/mol. The van der Waals surface area contributed by atoms with Crippen molar-refractivity contribution in [1.29, 1.82) is 0 Å². The number of aromatic nitrogens is 3. The summed E-state index contributed by atoms with van der Waals surface area (Å²) >= 11 is 0. The number of halogens is 2. The maximum absolute atomic E-state index is 12.7. The van der Waals surface area contributed by atoms with E-state index in [1.807, 2.05) is 0 Å². The van der Waals surface area contributed by atoms with E-state index in [1.54, 1.807) is 0 Å². The van der Waals surface area contributed by atoms with Gasteiger partial charge in [0.05, 0.1) is 6.20 Å². The molecule has 0 unspecified atom stereocenters. The highest BCUT2D eigenvalue weighted by molar-refractivity contribution is 5.57. The van der Waals surface area contributed by atoms with Gasteiger partial charge in [0, 0.05) is 5.56 Å². The van der Waals surface area contributed by atoms with Crippen molar-refractivity contribution in [3.63, 3.8) is 0 Å². The van der Waals surface area contributed by atoms with Gasteiger partial charge in [-0.15, -0.1) is 0 Å². The number of nitrogens with one attached hydrogen (secondary N) is 1. The fourth-order valence-electron chi connectivity index (χ4n) is 0.996. The average Bonchev–Trinajstić information content (AvgIpc) is 2.62. The second-order valence-corrected chi connectivity index (χ2v) is 2.48. The summed E-state index contributed by atoms with van der Waals surface area (Å²) in [5.41, 5.74) is 0.978. The molecule has 0 spiro atoms. The lowest BCUT2D eigenvalue weighted by atomic mass is 10.1. The van der Waals surface area contributed by atoms with Crippen LogP contribution in [-0.2, 0) is 0 Å². The van der Waals surface area contributed by atoms with Crippen LogP contribution in [0.1, 0.15) is 0 Å². The molecule has 3 nitrogen and oxygen atoms in total. The largest absolute Gasteiger partial charge is 0.204 e. The lowest BCUT2D eigenvalue weighted by molar-refractivity contribution is 0.509. The Morgan fingerprint density at radius 2 is 2.00 bits per heavy atom. The van der Waals surface area contributed by atoms with Gasteiger partial charge in [-0.2, -0.15) is 15.4 Å². The molecule has 0 aliphatic rings. The van der Waals surface area contributed by atoms with Gasteiger partial charge in [-0.25, -0.2) is 8.78 Å². The monoisotopic (exact) mass is 181 g/mol. The molecule has 1 aromatic heterocycles. The van der Waals surface area contributed by atoms with E-state index < -0.39 is 11.6 Å². The van der Waals surface area contributed by atoms with E-state index >= 15 is 0 Å². The Kier molecular flexibility index (Phi) is 1.77. The molecule has 0 aliphatic carbocycles. The van der Waals surface area contributed by atoms with Crippen LogP contribution in [0, 0.1) is 11.6 Å². The Labute approximate surface area is 72.4 Å². The van der Waals surface area contributed by atoms with E-state index in [1.165, 1.54) is 12.3 Å². The molecule has 2 aromatic rings. The molecule has 13 heavy (non-hydrogen) atoms. The van der Waals surface area contributed by atoms with Crippen LogP contribution < -0.4 is 0 Å². The minimum absolute atomic E-state index is 0.485. The molecule has 0 saturated heterocycles. The highest BCUT2D eigenvalue weighted by Gasteiger charge is 2.05. The third-order valence-corrected chi connectivity index (χ3v) is 1.63. The molecule has 0 bridgehead atoms. The summed E-state index contributed by atoms with van der Waals surface area (Å²) in [7, 11) is 0. The van der Waals surface area contributed by atoms with Crippen LogP contribution in [0.25, 0.3) is 11.3 Å². The van der Waals surface area contributed by atoms with E-state index in [0.717, 1.165) is 12.1 Å². The number of benzene rings is 1. The number of aromatic amines is 1. The van der Waals surface area contributed by atoms with Gasteiger partial charge >= 0.3 is 0 Å². The van der Waals surface area contributed by atoms with E-state index in [9.17, 15) is 8.78 Å². The quantitative estimate of drug-likeness (QED) is 0.728. The van der Waals surface area contributed by atoms with E-state index in [-0.39, 0.29) is 0 Å². The van der Waals surface area contributed by atoms with Crippen LogP contribution in [0.2, 0.25) is 0 Å². The van der Waals surface area contributed by atoms with Crippen molar-refractivity contribution in [3.8, 4) is 11.3 Å². The molecule has 0 atom stereocenters. The fourth-order valence-corrected chi connectivity index (χ4v) is 0.996. The van der Waals surface area contributed by atoms with Crippen LogP contribution >= 0.6 is 0 Å². The van der Waals surface area contributed by atoms with Crippen molar-refractivity contribution >= 4 is 0 Å². The van der Waals surface area contributed by atoms with Crippen LogP contribution in [0.5, 0.6) is 0 Å². The van der Waals surface area contributed by atoms with E-state index in [4.69, 9.17) is 0 Å². The highest BCUT2D eigenvalue weighted by atomic mass is 19.2. The minimum atomic E-state index is -0.888. The SMILES string of the molecule is Fc1ccc(-c2cn[nH]n2)cc1F. The van der Waals surface area contributed by atoms with Gasteiger partial charge in [0.25, 0.3) is 0 Å². The van der Waals surface area contributed by atoms with E-state index in [2.05, 4.69) is 15.4 Å². The summed E-state index contributed by atoms with van der Waals surface area (Å²) in [5.74, 6) is -1.76. The van der Waals surface area contributed by atoms with Crippen LogP contribution in [-0.4, -0.2) is 15.4 Å². The molecule has 0 saturated carbocycles. The maximum Gasteiger partial charge on any atom is 0.159 e. The summed E-state index contributed by atoms with van der Waals surface area (Å²) in [6, 6.07) is 3.57. The van der Waals surface area contributed by atoms with Crippen molar-refractivity contribution in [2.75, 3.05) is 0 Å². The molecule has 0 amide bonds. The van der Waals surface area contributed by atoms with Crippen molar-refractivity contribution in [3.05, 3.63) is 36.0 Å². The zero-order chi connectivity index (χ0) is 9.26. The summed E-state index contributed by atoms with van der Waals surface area (Å²) in [4.78, 5) is 0. The summed E-state index contributed by atoms with van der Waals surface area (Å²) in [5, 5.41) is 9.68. The Morgan fingerprint density at radius 3 is 2.62 bits per heavy atom. The van der Waals surface area contributed by atoms with Gasteiger partial charge in [0.1, 0.15) is 5.69 Å². The standard InChI is InChI=1S/C8H5F2N3/c9-6-2-1-5(3-7(6)10)8-4-11-13-12-8/h1-4H,(H,11,12,13). The maximum atomic E-state index is 12.7. The second kappa shape index (κ2) is 2.93. The van der Waals surface area contributed by atoms with Crippen molar-refractivity contribution in [1.82, 2.24) is 15.4 Å². The molecule has 66 valence electrons. The minimum Gasteiger partial charge on any atom is -0.204 e. The van der Waals surface area contributed by atoms with Gasteiger partial charge in [0.2, 0.25) is 0 Å². The predicted octanol–water partition coefficient (Wildman–Crippen LogP) is 1.75. The molecular weight excluding hydrogens is 176 g/mol. The number of H-pyrrole nitrogens is 1. The number of nitrogens with zero attached hydrogens (tertiary/aromatic N) is 2. The molecular formula is C8H5F2N3. The third kappa shape index (κ3) is 1.40. The first-order valence-electron chi connectivity index (χ1n) is 3.58. The fraction of sp³-hybridized carbons (Fsp3) is 0. The van der Waals surface area contributed by atoms with Crippen molar-refractivity contribution in [2.45, 2.75) is 0 Å². The van der Waals surface area contributed by atoms with Crippen molar-refractivity contribution in [2.24, 2.45) is 0 Å². The first kappa shape index (κ1) is 7.85. The van der Waals surface area contributed by atoms with Gasteiger partial charge in [-0.05, 0) is 18.2 Å². The molecule has 5 heteroatoms. The zero-order valence-electron chi connectivity index (χ0n) is 6.46. The topological polar surface area (TPSA) is 41.6 Å². The molecule has 0 radical (unpaired) electrons. The molecule has 1 heterocycles. The smallest absolute Gasteiger partial charge is 0.159 e. The van der Waals surface area contributed by atoms with Crippen molar-refractivity contribution < 1.29 is 8.78 Å². The van der Waals surface area contributed by atoms with Gasteiger partial charge < -0.3 is 0 Å². The summed E-state index contributed by atoms with van der Waals surface area (Å²) < 4.78 is 25.3. The normalized spacial score (nSPS) is 10.3. The second-order valence-electron chi connectivity index (χ2n) is 2.48. The van der Waals surface area contributed by atoms with Crippen LogP contribution in [0.4, 0.5) is 8.78 Å². The summed E-state index contributed by atoms with van der Waals surface area (Å²) in [6.45, 7) is 0. The zero-order valence-corrected chi connectivity index (χ0v) is 6.46. The lowest BCUT2D eigenvalue weighted by Gasteiger charge is -1.95. The van der Waals surface area contributed by atoms with Gasteiger partial charge in [-0.3, -0.25) is 0 Å². The molecule has 1 N–H and O–H groups in total. The Bertz CT molecular complexity index is 411. The van der Waals surface area contributed by atoms with E-state index in [0.29, 0.717) is 11.3 Å². The molecule has 1 aromatic carbocycles. The third-order valence-electron chi connectivity index (χ3n) is 1.63. The van der Waals surface area contributed by atoms with Gasteiger partial charge in [0.15, 0.2) is 11.6 Å². The summed E-state index contributed by atoms with van der Waals surface area (Å²) in [6.07, 6.45) is 1.44. The average molecular weight is 181 g/mol. The molecule has 0 aliphatic heterocycles. The van der Waals surface area contributed by atoms with Crippen LogP contribution in [0.15, 0.2) is 24.4 Å². The first-order chi connectivity index (χ1) is 6.27. The molecule has 2 rings (SSSR count). The van der Waals surface area contributed by atoms with Gasteiger partial charge in [-0.1, -0.05) is 0 Å². The lowest BCUT2D eigenvalue weighted by Crippen LogP contribution is -1.85. The number of hydrogen-bond donors (Lipinski definition) is 1. The molecule has 0 fully saturated rings. The van der Waals surface area contributed by atoms with Crippen LogP contribution in [0.3, 0.4) is 0 Å². The number of hydrogen-bond acceptors (Lipinski definition) is 2. The first-order valence-corrected chi connectivity index (χ1v) is 3.58. The Morgan fingerprint density at radius 1 is 1.15 bits per heavy atom. The Hall–Kier alpha value is -1.78. The Balaban J connectivity index is 2.49. The highest BCUT2D eigenvalue weighted by Crippen LogP contribution is 2.17.